The molecule has 2 aromatic rings. The fourth-order valence-corrected chi connectivity index (χ4v) is 4.77. The zero-order valence-electron chi connectivity index (χ0n) is 22.7. The number of carbonyl (C=O) groups excluding carboxylic acids is 5. The van der Waals surface area contributed by atoms with Crippen molar-refractivity contribution in [2.24, 2.45) is 5.92 Å². The highest BCUT2D eigenvalue weighted by Crippen LogP contribution is 2.20. The predicted octanol–water partition coefficient (Wildman–Crippen LogP) is 0.893. The molecule has 40 heavy (non-hydrogen) atoms. The molecule has 2 aliphatic rings. The number of hydrogen-bond acceptors (Lipinski definition) is 7. The van der Waals surface area contributed by atoms with Gasteiger partial charge in [-0.15, -0.1) is 0 Å². The van der Waals surface area contributed by atoms with Crippen molar-refractivity contribution in [3.8, 4) is 0 Å². The maximum atomic E-state index is 13.5. The molecule has 0 saturated carbocycles. The van der Waals surface area contributed by atoms with Crippen molar-refractivity contribution in [2.75, 3.05) is 6.54 Å². The summed E-state index contributed by atoms with van der Waals surface area (Å²) in [5, 5.41) is 13.9. The second-order valence-electron chi connectivity index (χ2n) is 10.5. The van der Waals surface area contributed by atoms with Crippen molar-refractivity contribution in [3.05, 3.63) is 53.7 Å². The summed E-state index contributed by atoms with van der Waals surface area (Å²) in [4.78, 5) is 68.4. The molecule has 0 aliphatic carbocycles. The van der Waals surface area contributed by atoms with Crippen LogP contribution in [0.2, 0.25) is 0 Å². The highest BCUT2D eigenvalue weighted by molar-refractivity contribution is 5.95. The van der Waals surface area contributed by atoms with Crippen LogP contribution >= 0.6 is 0 Å². The molecule has 0 radical (unpaired) electrons. The number of nitrogens with zero attached hydrogens (tertiary/aromatic N) is 1. The third-order valence-corrected chi connectivity index (χ3v) is 7.05. The van der Waals surface area contributed by atoms with Gasteiger partial charge in [0.25, 0.3) is 5.91 Å². The topological polar surface area (TPSA) is 172 Å². The first kappa shape index (κ1) is 28.8. The van der Waals surface area contributed by atoms with E-state index in [1.165, 1.54) is 6.26 Å². The van der Waals surface area contributed by atoms with Gasteiger partial charge < -0.3 is 31.0 Å². The molecule has 1 fully saturated rings. The lowest BCUT2D eigenvalue weighted by atomic mass is 10.00. The third-order valence-electron chi connectivity index (χ3n) is 7.05. The molecule has 0 unspecified atom stereocenters. The molecule has 4 rings (SSSR count). The molecule has 3 heterocycles. The van der Waals surface area contributed by atoms with Crippen LogP contribution in [0.4, 0.5) is 0 Å². The van der Waals surface area contributed by atoms with Gasteiger partial charge in [-0.1, -0.05) is 44.2 Å². The van der Waals surface area contributed by atoms with E-state index >= 15 is 0 Å². The van der Waals surface area contributed by atoms with Crippen LogP contribution in [-0.2, 0) is 25.6 Å². The fraction of sp³-hybridized carbons (Fsp3) is 0.500. The van der Waals surface area contributed by atoms with E-state index in [0.717, 1.165) is 5.56 Å². The van der Waals surface area contributed by atoms with Gasteiger partial charge >= 0.3 is 0 Å². The SMILES string of the molecule is CC(C)[C@@H]1NC(=O)[C@@H](NC(=O)[C@H]2CCC(=O)N2)CCCCNC(=O)c2coc(n2)[C@@H](Cc2ccccc2)NC1=O. The van der Waals surface area contributed by atoms with Gasteiger partial charge in [0, 0.05) is 19.4 Å². The van der Waals surface area contributed by atoms with Gasteiger partial charge in [0.15, 0.2) is 5.69 Å². The summed E-state index contributed by atoms with van der Waals surface area (Å²) in [6.07, 6.45) is 3.55. The molecule has 12 nitrogen and oxygen atoms in total. The van der Waals surface area contributed by atoms with Gasteiger partial charge in [0.05, 0.1) is 0 Å². The summed E-state index contributed by atoms with van der Waals surface area (Å²) >= 11 is 0. The van der Waals surface area contributed by atoms with Crippen molar-refractivity contribution in [1.29, 1.82) is 0 Å². The van der Waals surface area contributed by atoms with Crippen molar-refractivity contribution in [3.63, 3.8) is 0 Å². The Morgan fingerprint density at radius 2 is 1.80 bits per heavy atom. The molecule has 1 aromatic carbocycles. The largest absolute Gasteiger partial charge is 0.446 e. The first-order chi connectivity index (χ1) is 19.2. The third kappa shape index (κ3) is 7.45. The Morgan fingerprint density at radius 1 is 1.02 bits per heavy atom. The fourth-order valence-electron chi connectivity index (χ4n) is 4.77. The number of hydrogen-bond donors (Lipinski definition) is 5. The van der Waals surface area contributed by atoms with Gasteiger partial charge in [-0.3, -0.25) is 24.0 Å². The number of oxazole rings is 1. The Kier molecular flexibility index (Phi) is 9.52. The van der Waals surface area contributed by atoms with E-state index in [4.69, 9.17) is 4.42 Å². The normalized spacial score (nSPS) is 24.6. The van der Waals surface area contributed by atoms with Crippen molar-refractivity contribution < 1.29 is 28.4 Å². The first-order valence-electron chi connectivity index (χ1n) is 13.7. The number of nitrogens with one attached hydrogen (secondary N) is 5. The summed E-state index contributed by atoms with van der Waals surface area (Å²) in [5.41, 5.74) is 1.02. The Bertz CT molecular complexity index is 1230. The molecule has 5 amide bonds. The van der Waals surface area contributed by atoms with Crippen LogP contribution in [0.25, 0.3) is 0 Å². The van der Waals surface area contributed by atoms with E-state index in [9.17, 15) is 24.0 Å². The van der Waals surface area contributed by atoms with Crippen molar-refractivity contribution in [1.82, 2.24) is 31.6 Å². The minimum atomic E-state index is -0.922. The van der Waals surface area contributed by atoms with Crippen LogP contribution in [0, 0.1) is 5.92 Å². The summed E-state index contributed by atoms with van der Waals surface area (Å²) in [5.74, 6) is -2.12. The zero-order valence-corrected chi connectivity index (χ0v) is 22.7. The summed E-state index contributed by atoms with van der Waals surface area (Å²) in [6, 6.07) is 6.21. The van der Waals surface area contributed by atoms with E-state index < -0.39 is 47.8 Å². The number of fused-ring (bicyclic) bond motifs is 2. The average molecular weight is 553 g/mol. The summed E-state index contributed by atoms with van der Waals surface area (Å²) in [7, 11) is 0. The van der Waals surface area contributed by atoms with Crippen LogP contribution in [0.15, 0.2) is 41.0 Å². The van der Waals surface area contributed by atoms with Crippen molar-refractivity contribution in [2.45, 2.75) is 76.5 Å². The highest BCUT2D eigenvalue weighted by atomic mass is 16.3. The van der Waals surface area contributed by atoms with E-state index in [-0.39, 0.29) is 36.3 Å². The second kappa shape index (κ2) is 13.2. The second-order valence-corrected chi connectivity index (χ2v) is 10.5. The lowest BCUT2D eigenvalue weighted by Crippen LogP contribution is -2.57. The van der Waals surface area contributed by atoms with E-state index in [1.54, 1.807) is 0 Å². The summed E-state index contributed by atoms with van der Waals surface area (Å²) in [6.45, 7) is 3.95. The van der Waals surface area contributed by atoms with E-state index in [0.29, 0.717) is 32.2 Å². The molecular formula is C28H36N6O6. The van der Waals surface area contributed by atoms with Gasteiger partial charge in [0.2, 0.25) is 29.5 Å². The molecular weight excluding hydrogens is 516 g/mol. The lowest BCUT2D eigenvalue weighted by molar-refractivity contribution is -0.134. The maximum absolute atomic E-state index is 13.5. The monoisotopic (exact) mass is 552 g/mol. The Labute approximate surface area is 232 Å². The molecule has 1 saturated heterocycles. The Morgan fingerprint density at radius 3 is 2.50 bits per heavy atom. The maximum Gasteiger partial charge on any atom is 0.273 e. The Balaban J connectivity index is 1.57. The minimum absolute atomic E-state index is 0.104. The predicted molar refractivity (Wildman–Crippen MR) is 144 cm³/mol. The smallest absolute Gasteiger partial charge is 0.273 e. The standard InChI is InChI=1S/C28H36N6O6/c1-16(2)23-27(39)32-20(14-17-8-4-3-5-9-17)28-33-21(15-40-28)24(36)29-13-7-6-10-18(26(38)34-23)31-25(37)19-11-12-22(35)30-19/h3-5,8-9,15-16,18-20,23H,6-7,10-14H2,1-2H3,(H,29,36)(H,30,35)(H,31,37)(H,32,39)(H,34,38)/t18-,19+,20+,23-/m0/s1. The van der Waals surface area contributed by atoms with Gasteiger partial charge in [-0.05, 0) is 37.2 Å². The number of amides is 5. The van der Waals surface area contributed by atoms with Crippen LogP contribution < -0.4 is 26.6 Å². The molecule has 2 aliphatic heterocycles. The Hall–Kier alpha value is -4.22. The average Bonchev–Trinajstić information content (AvgIpc) is 3.60. The molecule has 4 atom stereocenters. The lowest BCUT2D eigenvalue weighted by Gasteiger charge is -2.27. The molecule has 214 valence electrons. The van der Waals surface area contributed by atoms with E-state index in [2.05, 4.69) is 31.6 Å². The first-order valence-corrected chi connectivity index (χ1v) is 13.7. The molecule has 2 bridgehead atoms. The van der Waals surface area contributed by atoms with E-state index in [1.807, 2.05) is 44.2 Å². The quantitative estimate of drug-likeness (QED) is 0.367. The van der Waals surface area contributed by atoms with Crippen LogP contribution in [0.3, 0.4) is 0 Å². The summed E-state index contributed by atoms with van der Waals surface area (Å²) < 4.78 is 5.63. The number of benzene rings is 1. The van der Waals surface area contributed by atoms with Crippen LogP contribution in [0.5, 0.6) is 0 Å². The van der Waals surface area contributed by atoms with Gasteiger partial charge in [-0.25, -0.2) is 4.98 Å². The number of rotatable bonds is 5. The molecule has 0 spiro atoms. The molecule has 1 aromatic heterocycles. The zero-order chi connectivity index (χ0) is 28.6. The van der Waals surface area contributed by atoms with Crippen LogP contribution in [0.1, 0.15) is 73.9 Å². The molecule has 12 heteroatoms. The van der Waals surface area contributed by atoms with Crippen LogP contribution in [-0.4, -0.2) is 59.2 Å². The van der Waals surface area contributed by atoms with Gasteiger partial charge in [-0.2, -0.15) is 0 Å². The van der Waals surface area contributed by atoms with Crippen molar-refractivity contribution >= 4 is 29.5 Å². The minimum Gasteiger partial charge on any atom is -0.446 e. The highest BCUT2D eigenvalue weighted by Gasteiger charge is 2.34. The number of carbonyl (C=O) groups is 5. The number of aromatic nitrogens is 1. The van der Waals surface area contributed by atoms with Gasteiger partial charge in [0.1, 0.15) is 30.4 Å². The molecule has 5 N–H and O–H groups in total.